The molecule has 16 heavy (non-hydrogen) atoms. The molecule has 0 saturated carbocycles. The molecule has 0 aliphatic heterocycles. The van der Waals surface area contributed by atoms with Crippen molar-refractivity contribution >= 4 is 12.2 Å². The SMILES string of the molecule is CC(O)OC(=O)OCC=Cc1ccccc1. The monoisotopic (exact) mass is 222 g/mol. The van der Waals surface area contributed by atoms with E-state index in [1.54, 1.807) is 6.08 Å². The van der Waals surface area contributed by atoms with Gasteiger partial charge in [-0.2, -0.15) is 0 Å². The molecule has 0 radical (unpaired) electrons. The zero-order chi connectivity index (χ0) is 11.8. The molecule has 0 spiro atoms. The Hall–Kier alpha value is -1.81. The second kappa shape index (κ2) is 6.63. The van der Waals surface area contributed by atoms with Crippen molar-refractivity contribution in [3.63, 3.8) is 0 Å². The van der Waals surface area contributed by atoms with Crippen LogP contribution in [0.25, 0.3) is 6.08 Å². The highest BCUT2D eigenvalue weighted by molar-refractivity contribution is 5.60. The number of ether oxygens (including phenoxy) is 2. The van der Waals surface area contributed by atoms with E-state index < -0.39 is 12.4 Å². The highest BCUT2D eigenvalue weighted by Gasteiger charge is 2.05. The first-order valence-corrected chi connectivity index (χ1v) is 4.91. The number of aliphatic hydroxyl groups is 1. The van der Waals surface area contributed by atoms with Crippen LogP contribution in [-0.4, -0.2) is 24.2 Å². The Kier molecular flexibility index (Phi) is 5.08. The molecule has 0 bridgehead atoms. The van der Waals surface area contributed by atoms with Gasteiger partial charge in [0.05, 0.1) is 0 Å². The molecule has 0 aliphatic carbocycles. The van der Waals surface area contributed by atoms with Gasteiger partial charge in [0.25, 0.3) is 0 Å². The smallest absolute Gasteiger partial charge is 0.430 e. The molecule has 4 nitrogen and oxygen atoms in total. The summed E-state index contributed by atoms with van der Waals surface area (Å²) in [6.45, 7) is 1.45. The lowest BCUT2D eigenvalue weighted by molar-refractivity contribution is -0.0658. The summed E-state index contributed by atoms with van der Waals surface area (Å²) in [4.78, 5) is 10.8. The first-order valence-electron chi connectivity index (χ1n) is 4.91. The van der Waals surface area contributed by atoms with Gasteiger partial charge in [-0.1, -0.05) is 36.4 Å². The van der Waals surface area contributed by atoms with Gasteiger partial charge in [0.2, 0.25) is 6.29 Å². The lowest BCUT2D eigenvalue weighted by atomic mass is 10.2. The van der Waals surface area contributed by atoms with E-state index in [0.717, 1.165) is 5.56 Å². The first kappa shape index (κ1) is 12.3. The average molecular weight is 222 g/mol. The second-order valence-electron chi connectivity index (χ2n) is 3.09. The van der Waals surface area contributed by atoms with E-state index in [2.05, 4.69) is 9.47 Å². The van der Waals surface area contributed by atoms with Gasteiger partial charge < -0.3 is 14.6 Å². The number of rotatable bonds is 4. The van der Waals surface area contributed by atoms with E-state index in [-0.39, 0.29) is 6.61 Å². The van der Waals surface area contributed by atoms with E-state index in [1.165, 1.54) is 6.92 Å². The highest BCUT2D eigenvalue weighted by Crippen LogP contribution is 2.00. The Morgan fingerprint density at radius 2 is 2.12 bits per heavy atom. The topological polar surface area (TPSA) is 55.8 Å². The van der Waals surface area contributed by atoms with Gasteiger partial charge in [0.15, 0.2) is 0 Å². The fourth-order valence-electron chi connectivity index (χ4n) is 1.04. The van der Waals surface area contributed by atoms with E-state index in [0.29, 0.717) is 0 Å². The summed E-state index contributed by atoms with van der Waals surface area (Å²) in [6.07, 6.45) is 1.49. The Labute approximate surface area is 94.1 Å². The molecule has 1 N–H and O–H groups in total. The van der Waals surface area contributed by atoms with Gasteiger partial charge in [-0.3, -0.25) is 0 Å². The van der Waals surface area contributed by atoms with Crippen molar-refractivity contribution in [2.75, 3.05) is 6.61 Å². The number of carbonyl (C=O) groups is 1. The summed E-state index contributed by atoms with van der Waals surface area (Å²) in [5.74, 6) is 0. The fraction of sp³-hybridized carbons (Fsp3) is 0.250. The molecule has 1 atom stereocenters. The lowest BCUT2D eigenvalue weighted by Gasteiger charge is -2.05. The summed E-state index contributed by atoms with van der Waals surface area (Å²) in [5.41, 5.74) is 1.02. The Bertz CT molecular complexity index is 343. The third-order valence-electron chi connectivity index (χ3n) is 1.67. The zero-order valence-corrected chi connectivity index (χ0v) is 9.00. The number of aliphatic hydroxyl groups excluding tert-OH is 1. The number of hydrogen-bond acceptors (Lipinski definition) is 4. The highest BCUT2D eigenvalue weighted by atomic mass is 16.8. The van der Waals surface area contributed by atoms with Crippen LogP contribution in [-0.2, 0) is 9.47 Å². The number of hydrogen-bond donors (Lipinski definition) is 1. The van der Waals surface area contributed by atoms with E-state index in [1.807, 2.05) is 36.4 Å². The Balaban J connectivity index is 2.25. The maximum absolute atomic E-state index is 10.8. The van der Waals surface area contributed by atoms with Crippen molar-refractivity contribution in [3.05, 3.63) is 42.0 Å². The number of benzene rings is 1. The van der Waals surface area contributed by atoms with Crippen LogP contribution in [0, 0.1) is 0 Å². The van der Waals surface area contributed by atoms with Crippen LogP contribution in [0.5, 0.6) is 0 Å². The second-order valence-corrected chi connectivity index (χ2v) is 3.09. The maximum Gasteiger partial charge on any atom is 0.510 e. The normalized spacial score (nSPS) is 12.4. The van der Waals surface area contributed by atoms with Gasteiger partial charge in [0.1, 0.15) is 6.61 Å². The zero-order valence-electron chi connectivity index (χ0n) is 9.00. The predicted octanol–water partition coefficient (Wildman–Crippen LogP) is 2.19. The third-order valence-corrected chi connectivity index (χ3v) is 1.67. The summed E-state index contributed by atoms with van der Waals surface area (Å²) in [5, 5.41) is 8.72. The molecule has 1 unspecified atom stereocenters. The molecule has 0 aliphatic rings. The summed E-state index contributed by atoms with van der Waals surface area (Å²) in [6, 6.07) is 9.63. The molecular formula is C12H14O4. The molecule has 1 aromatic carbocycles. The van der Waals surface area contributed by atoms with Crippen LogP contribution in [0.15, 0.2) is 36.4 Å². The number of carbonyl (C=O) groups excluding carboxylic acids is 1. The van der Waals surface area contributed by atoms with Crippen molar-refractivity contribution in [2.24, 2.45) is 0 Å². The minimum atomic E-state index is -1.15. The van der Waals surface area contributed by atoms with Gasteiger partial charge >= 0.3 is 6.16 Å². The van der Waals surface area contributed by atoms with Crippen LogP contribution in [0.1, 0.15) is 12.5 Å². The van der Waals surface area contributed by atoms with Crippen LogP contribution in [0.2, 0.25) is 0 Å². The molecule has 86 valence electrons. The molecular weight excluding hydrogens is 208 g/mol. The van der Waals surface area contributed by atoms with Crippen molar-refractivity contribution in [2.45, 2.75) is 13.2 Å². The molecule has 0 amide bonds. The molecule has 0 fully saturated rings. The van der Waals surface area contributed by atoms with Crippen LogP contribution in [0.4, 0.5) is 4.79 Å². The van der Waals surface area contributed by atoms with Crippen molar-refractivity contribution < 1.29 is 19.4 Å². The predicted molar refractivity (Wildman–Crippen MR) is 59.6 cm³/mol. The van der Waals surface area contributed by atoms with Crippen LogP contribution >= 0.6 is 0 Å². The van der Waals surface area contributed by atoms with Crippen LogP contribution in [0.3, 0.4) is 0 Å². The van der Waals surface area contributed by atoms with Crippen molar-refractivity contribution in [1.29, 1.82) is 0 Å². The largest absolute Gasteiger partial charge is 0.510 e. The maximum atomic E-state index is 10.8. The Morgan fingerprint density at radius 3 is 2.75 bits per heavy atom. The van der Waals surface area contributed by atoms with E-state index in [9.17, 15) is 4.79 Å². The fourth-order valence-corrected chi connectivity index (χ4v) is 1.04. The molecule has 0 saturated heterocycles. The van der Waals surface area contributed by atoms with E-state index in [4.69, 9.17) is 5.11 Å². The minimum absolute atomic E-state index is 0.112. The first-order chi connectivity index (χ1) is 7.68. The molecule has 0 aromatic heterocycles. The summed E-state index contributed by atoms with van der Waals surface area (Å²) >= 11 is 0. The lowest BCUT2D eigenvalue weighted by Crippen LogP contribution is -2.15. The van der Waals surface area contributed by atoms with Crippen LogP contribution < -0.4 is 0 Å². The average Bonchev–Trinajstić information content (AvgIpc) is 2.25. The quantitative estimate of drug-likeness (QED) is 0.626. The van der Waals surface area contributed by atoms with Crippen molar-refractivity contribution in [1.82, 2.24) is 0 Å². The van der Waals surface area contributed by atoms with Gasteiger partial charge in [-0.15, -0.1) is 0 Å². The van der Waals surface area contributed by atoms with Gasteiger partial charge in [-0.25, -0.2) is 4.79 Å². The summed E-state index contributed by atoms with van der Waals surface area (Å²) < 4.78 is 9.03. The molecule has 0 heterocycles. The van der Waals surface area contributed by atoms with Gasteiger partial charge in [0, 0.05) is 0 Å². The van der Waals surface area contributed by atoms with E-state index >= 15 is 0 Å². The van der Waals surface area contributed by atoms with Crippen molar-refractivity contribution in [3.8, 4) is 0 Å². The molecule has 1 aromatic rings. The van der Waals surface area contributed by atoms with Gasteiger partial charge in [-0.05, 0) is 18.6 Å². The third kappa shape index (κ3) is 5.17. The Morgan fingerprint density at radius 1 is 1.44 bits per heavy atom. The molecule has 1 rings (SSSR count). The standard InChI is InChI=1S/C12H14O4/c1-10(13)16-12(14)15-9-5-8-11-6-3-2-4-7-11/h2-8,10,13H,9H2,1H3. The minimum Gasteiger partial charge on any atom is -0.430 e. The molecule has 4 heteroatoms. The summed E-state index contributed by atoms with van der Waals surface area (Å²) in [7, 11) is 0.